The monoisotopic (exact) mass is 322 g/mol. The summed E-state index contributed by atoms with van der Waals surface area (Å²) in [5, 5.41) is 9.83. The summed E-state index contributed by atoms with van der Waals surface area (Å²) in [5.41, 5.74) is 4.67. The highest BCUT2D eigenvalue weighted by Crippen LogP contribution is 2.34. The van der Waals surface area contributed by atoms with Crippen molar-refractivity contribution in [2.24, 2.45) is 0 Å². The third kappa shape index (κ3) is 2.82. The van der Waals surface area contributed by atoms with E-state index in [1.807, 2.05) is 78.9 Å². The van der Waals surface area contributed by atoms with Crippen LogP contribution in [0.1, 0.15) is 5.56 Å². The van der Waals surface area contributed by atoms with E-state index in [1.165, 1.54) is 0 Å². The minimum absolute atomic E-state index is 0.563. The Kier molecular flexibility index (Phi) is 3.86. The molecule has 4 aromatic rings. The third-order valence-electron chi connectivity index (χ3n) is 4.04. The summed E-state index contributed by atoms with van der Waals surface area (Å²) in [4.78, 5) is 4.73. The lowest BCUT2D eigenvalue weighted by Crippen LogP contribution is -1.96. The molecule has 0 amide bonds. The Balaban J connectivity index is 2.03. The molecule has 2 aromatic heterocycles. The lowest BCUT2D eigenvalue weighted by atomic mass is 9.95. The number of hydrogen-bond acceptors (Lipinski definition) is 3. The Morgan fingerprint density at radius 3 is 2.08 bits per heavy atom. The minimum Gasteiger partial charge on any atom is -0.463 e. The minimum atomic E-state index is 0.563. The summed E-state index contributed by atoms with van der Waals surface area (Å²) in [6.07, 6.45) is 1.62. The summed E-state index contributed by atoms with van der Waals surface area (Å²) >= 11 is 0. The van der Waals surface area contributed by atoms with Crippen molar-refractivity contribution in [3.8, 4) is 39.9 Å². The average Bonchev–Trinajstić information content (AvgIpc) is 3.23. The van der Waals surface area contributed by atoms with Crippen LogP contribution in [0, 0.1) is 11.3 Å². The van der Waals surface area contributed by atoms with Crippen LogP contribution in [0.15, 0.2) is 89.5 Å². The van der Waals surface area contributed by atoms with Gasteiger partial charge in [0.25, 0.3) is 0 Å². The predicted molar refractivity (Wildman–Crippen MR) is 97.5 cm³/mol. The molecule has 4 rings (SSSR count). The highest BCUT2D eigenvalue weighted by Gasteiger charge is 2.17. The second-order valence-electron chi connectivity index (χ2n) is 5.60. The largest absolute Gasteiger partial charge is 0.463 e. The van der Waals surface area contributed by atoms with Crippen molar-refractivity contribution in [2.75, 3.05) is 0 Å². The van der Waals surface area contributed by atoms with Gasteiger partial charge in [-0.15, -0.1) is 0 Å². The lowest BCUT2D eigenvalue weighted by molar-refractivity contribution is 0.580. The zero-order valence-electron chi connectivity index (χ0n) is 13.4. The van der Waals surface area contributed by atoms with E-state index >= 15 is 0 Å². The maximum Gasteiger partial charge on any atom is 0.152 e. The lowest BCUT2D eigenvalue weighted by Gasteiger charge is -2.12. The van der Waals surface area contributed by atoms with Crippen LogP contribution in [0.2, 0.25) is 0 Å². The van der Waals surface area contributed by atoms with Crippen molar-refractivity contribution in [1.82, 2.24) is 4.98 Å². The first-order valence-corrected chi connectivity index (χ1v) is 7.96. The van der Waals surface area contributed by atoms with Crippen molar-refractivity contribution >= 4 is 0 Å². The Hall–Kier alpha value is -3.64. The Morgan fingerprint density at radius 1 is 0.800 bits per heavy atom. The number of hydrogen-bond donors (Lipinski definition) is 0. The number of pyridine rings is 1. The zero-order valence-corrected chi connectivity index (χ0v) is 13.4. The van der Waals surface area contributed by atoms with E-state index < -0.39 is 0 Å². The number of aromatic nitrogens is 1. The fraction of sp³-hybridized carbons (Fsp3) is 0. The van der Waals surface area contributed by atoms with E-state index in [1.54, 1.807) is 6.26 Å². The Labute approximate surface area is 145 Å². The molecule has 0 aliphatic carbocycles. The molecule has 0 unspecified atom stereocenters. The topological polar surface area (TPSA) is 49.8 Å². The van der Waals surface area contributed by atoms with Crippen molar-refractivity contribution in [2.45, 2.75) is 0 Å². The highest BCUT2D eigenvalue weighted by molar-refractivity contribution is 5.82. The van der Waals surface area contributed by atoms with Gasteiger partial charge in [-0.3, -0.25) is 0 Å². The molecular weight excluding hydrogens is 308 g/mol. The van der Waals surface area contributed by atoms with Gasteiger partial charge < -0.3 is 4.42 Å². The van der Waals surface area contributed by atoms with Crippen molar-refractivity contribution in [3.63, 3.8) is 0 Å². The molecule has 0 spiro atoms. The second kappa shape index (κ2) is 6.46. The molecular formula is C22H14N2O. The van der Waals surface area contributed by atoms with Gasteiger partial charge in [-0.1, -0.05) is 60.7 Å². The van der Waals surface area contributed by atoms with Gasteiger partial charge in [-0.05, 0) is 23.8 Å². The first-order chi connectivity index (χ1) is 12.4. The maximum atomic E-state index is 9.83. The number of nitrogens with zero attached hydrogens (tertiary/aromatic N) is 2. The summed E-state index contributed by atoms with van der Waals surface area (Å²) in [6, 6.07) is 27.6. The molecule has 0 aliphatic heterocycles. The SMILES string of the molecule is N#Cc1c(-c2ccccc2)cc(-c2ccco2)nc1-c1ccccc1. The van der Waals surface area contributed by atoms with Crippen molar-refractivity contribution in [1.29, 1.82) is 5.26 Å². The highest BCUT2D eigenvalue weighted by atomic mass is 16.3. The molecule has 0 aliphatic rings. The Bertz CT molecular complexity index is 970. The summed E-state index contributed by atoms with van der Waals surface area (Å²) < 4.78 is 5.53. The van der Waals surface area contributed by atoms with Gasteiger partial charge in [-0.2, -0.15) is 5.26 Å². The molecule has 0 atom stereocenters. The first-order valence-electron chi connectivity index (χ1n) is 7.96. The first kappa shape index (κ1) is 14.9. The smallest absolute Gasteiger partial charge is 0.152 e. The third-order valence-corrected chi connectivity index (χ3v) is 4.04. The maximum absolute atomic E-state index is 9.83. The van der Waals surface area contributed by atoms with E-state index in [0.717, 1.165) is 16.7 Å². The molecule has 0 radical (unpaired) electrons. The van der Waals surface area contributed by atoms with E-state index in [0.29, 0.717) is 22.7 Å². The number of furan rings is 1. The predicted octanol–water partition coefficient (Wildman–Crippen LogP) is 5.55. The molecule has 3 heteroatoms. The van der Waals surface area contributed by atoms with Crippen LogP contribution in [-0.4, -0.2) is 4.98 Å². The van der Waals surface area contributed by atoms with Crippen LogP contribution in [0.25, 0.3) is 33.8 Å². The van der Waals surface area contributed by atoms with Crippen LogP contribution in [-0.2, 0) is 0 Å². The van der Waals surface area contributed by atoms with Crippen LogP contribution < -0.4 is 0 Å². The normalized spacial score (nSPS) is 10.4. The zero-order chi connectivity index (χ0) is 17.1. The number of rotatable bonds is 3. The second-order valence-corrected chi connectivity index (χ2v) is 5.60. The van der Waals surface area contributed by atoms with Gasteiger partial charge >= 0.3 is 0 Å². The molecule has 2 heterocycles. The van der Waals surface area contributed by atoms with Gasteiger partial charge in [-0.25, -0.2) is 4.98 Å². The number of nitriles is 1. The molecule has 118 valence electrons. The van der Waals surface area contributed by atoms with E-state index in [-0.39, 0.29) is 0 Å². The average molecular weight is 322 g/mol. The summed E-state index contributed by atoms with van der Waals surface area (Å²) in [6.45, 7) is 0. The quantitative estimate of drug-likeness (QED) is 0.497. The molecule has 0 N–H and O–H groups in total. The van der Waals surface area contributed by atoms with E-state index in [4.69, 9.17) is 9.40 Å². The molecule has 3 nitrogen and oxygen atoms in total. The molecule has 0 fully saturated rings. The standard InChI is InChI=1S/C22H14N2O/c23-15-19-18(16-8-3-1-4-9-16)14-20(21-12-7-13-25-21)24-22(19)17-10-5-2-6-11-17/h1-14H. The molecule has 0 saturated carbocycles. The summed E-state index contributed by atoms with van der Waals surface area (Å²) in [7, 11) is 0. The molecule has 0 saturated heterocycles. The van der Waals surface area contributed by atoms with Gasteiger partial charge in [0.15, 0.2) is 5.76 Å². The van der Waals surface area contributed by atoms with Crippen LogP contribution in [0.4, 0.5) is 0 Å². The van der Waals surface area contributed by atoms with Crippen LogP contribution in [0.3, 0.4) is 0 Å². The van der Waals surface area contributed by atoms with Crippen LogP contribution >= 0.6 is 0 Å². The van der Waals surface area contributed by atoms with E-state index in [9.17, 15) is 5.26 Å². The van der Waals surface area contributed by atoms with Crippen LogP contribution in [0.5, 0.6) is 0 Å². The number of benzene rings is 2. The van der Waals surface area contributed by atoms with E-state index in [2.05, 4.69) is 6.07 Å². The van der Waals surface area contributed by atoms with Crippen molar-refractivity contribution < 1.29 is 4.42 Å². The van der Waals surface area contributed by atoms with Crippen molar-refractivity contribution in [3.05, 3.63) is 90.7 Å². The van der Waals surface area contributed by atoms with Gasteiger partial charge in [0.05, 0.1) is 17.5 Å². The van der Waals surface area contributed by atoms with Gasteiger partial charge in [0, 0.05) is 11.1 Å². The van der Waals surface area contributed by atoms with Gasteiger partial charge in [0.1, 0.15) is 11.8 Å². The van der Waals surface area contributed by atoms with Gasteiger partial charge in [0.2, 0.25) is 0 Å². The fourth-order valence-corrected chi connectivity index (χ4v) is 2.86. The molecule has 2 aromatic carbocycles. The fourth-order valence-electron chi connectivity index (χ4n) is 2.86. The Morgan fingerprint density at radius 2 is 1.48 bits per heavy atom. The molecule has 0 bridgehead atoms. The molecule has 25 heavy (non-hydrogen) atoms. The summed E-state index contributed by atoms with van der Waals surface area (Å²) in [5.74, 6) is 0.679.